The Morgan fingerprint density at radius 2 is 2.41 bits per heavy atom. The Balaban J connectivity index is 1.77. The van der Waals surface area contributed by atoms with Crippen LogP contribution < -0.4 is 0 Å². The van der Waals surface area contributed by atoms with E-state index in [0.29, 0.717) is 12.2 Å². The number of ketones is 1. The van der Waals surface area contributed by atoms with Gasteiger partial charge in [-0.1, -0.05) is 28.1 Å². The number of rotatable bonds is 5. The summed E-state index contributed by atoms with van der Waals surface area (Å²) in [4.78, 5) is 11.8. The average molecular weight is 299 g/mol. The molecule has 0 aromatic heterocycles. The van der Waals surface area contributed by atoms with Gasteiger partial charge in [0.1, 0.15) is 6.61 Å². The highest BCUT2D eigenvalue weighted by Crippen LogP contribution is 2.14. The van der Waals surface area contributed by atoms with Crippen molar-refractivity contribution in [3.8, 4) is 0 Å². The first kappa shape index (κ1) is 12.7. The van der Waals surface area contributed by atoms with E-state index in [0.717, 1.165) is 23.9 Å². The third-order valence-electron chi connectivity index (χ3n) is 2.71. The predicted molar refractivity (Wildman–Crippen MR) is 68.3 cm³/mol. The lowest BCUT2D eigenvalue weighted by Gasteiger charge is -2.09. The summed E-state index contributed by atoms with van der Waals surface area (Å²) in [6.45, 7) is 1.45. The molecule has 1 aliphatic rings. The van der Waals surface area contributed by atoms with Crippen LogP contribution in [0.15, 0.2) is 28.7 Å². The van der Waals surface area contributed by atoms with Gasteiger partial charge < -0.3 is 9.47 Å². The molecule has 3 nitrogen and oxygen atoms in total. The summed E-state index contributed by atoms with van der Waals surface area (Å²) in [5.74, 6) is 0.00398. The molecule has 1 aliphatic heterocycles. The quantitative estimate of drug-likeness (QED) is 0.784. The molecule has 1 saturated heterocycles. The monoisotopic (exact) mass is 298 g/mol. The van der Waals surface area contributed by atoms with Gasteiger partial charge in [-0.3, -0.25) is 4.79 Å². The van der Waals surface area contributed by atoms with Crippen LogP contribution in [0, 0.1) is 0 Å². The molecule has 1 unspecified atom stereocenters. The summed E-state index contributed by atoms with van der Waals surface area (Å²) < 4.78 is 11.7. The number of carbonyl (C=O) groups excluding carboxylic acids is 1. The van der Waals surface area contributed by atoms with Gasteiger partial charge in [0, 0.05) is 16.6 Å². The normalized spacial score (nSPS) is 19.5. The molecule has 1 fully saturated rings. The lowest BCUT2D eigenvalue weighted by molar-refractivity contribution is 0.0190. The number of halogens is 1. The second-order valence-electron chi connectivity index (χ2n) is 4.08. The molecule has 1 heterocycles. The molecule has 1 aromatic rings. The van der Waals surface area contributed by atoms with Crippen molar-refractivity contribution in [1.29, 1.82) is 0 Å². The number of hydrogen-bond acceptors (Lipinski definition) is 3. The van der Waals surface area contributed by atoms with E-state index in [1.165, 1.54) is 0 Å². The Bertz CT molecular complexity index is 386. The van der Waals surface area contributed by atoms with Crippen molar-refractivity contribution in [1.82, 2.24) is 0 Å². The van der Waals surface area contributed by atoms with Crippen LogP contribution in [0.1, 0.15) is 23.2 Å². The Morgan fingerprint density at radius 1 is 1.53 bits per heavy atom. The van der Waals surface area contributed by atoms with E-state index in [9.17, 15) is 4.79 Å². The summed E-state index contributed by atoms with van der Waals surface area (Å²) >= 11 is 3.34. The zero-order valence-electron chi connectivity index (χ0n) is 9.52. The van der Waals surface area contributed by atoms with Gasteiger partial charge in [-0.25, -0.2) is 0 Å². The van der Waals surface area contributed by atoms with Gasteiger partial charge in [-0.05, 0) is 25.0 Å². The molecule has 0 saturated carbocycles. The molecule has 17 heavy (non-hydrogen) atoms. The van der Waals surface area contributed by atoms with Crippen LogP contribution in [0.4, 0.5) is 0 Å². The molecular weight excluding hydrogens is 284 g/mol. The second-order valence-corrected chi connectivity index (χ2v) is 5.00. The first-order chi connectivity index (χ1) is 8.25. The van der Waals surface area contributed by atoms with Crippen molar-refractivity contribution in [2.75, 3.05) is 19.8 Å². The van der Waals surface area contributed by atoms with Crippen LogP contribution in [0.5, 0.6) is 0 Å². The van der Waals surface area contributed by atoms with Crippen LogP contribution in [0.3, 0.4) is 0 Å². The lowest BCUT2D eigenvalue weighted by Crippen LogP contribution is -2.18. The van der Waals surface area contributed by atoms with E-state index in [1.807, 2.05) is 12.1 Å². The minimum atomic E-state index is 0.00398. The fraction of sp³-hybridized carbons (Fsp3) is 0.462. The SMILES string of the molecule is O=C(COCC1CCCO1)c1cccc(Br)c1. The topological polar surface area (TPSA) is 35.5 Å². The number of benzene rings is 1. The highest BCUT2D eigenvalue weighted by Gasteiger charge is 2.16. The van der Waals surface area contributed by atoms with Crippen molar-refractivity contribution in [3.05, 3.63) is 34.3 Å². The van der Waals surface area contributed by atoms with Crippen molar-refractivity contribution in [2.45, 2.75) is 18.9 Å². The molecule has 1 atom stereocenters. The maximum absolute atomic E-state index is 11.8. The fourth-order valence-electron chi connectivity index (χ4n) is 1.80. The zero-order valence-corrected chi connectivity index (χ0v) is 11.1. The average Bonchev–Trinajstić information content (AvgIpc) is 2.82. The highest BCUT2D eigenvalue weighted by atomic mass is 79.9. The summed E-state index contributed by atoms with van der Waals surface area (Å²) in [7, 11) is 0. The summed E-state index contributed by atoms with van der Waals surface area (Å²) in [6.07, 6.45) is 2.30. The second kappa shape index (κ2) is 6.28. The molecular formula is C13H15BrO3. The molecule has 0 radical (unpaired) electrons. The molecule has 2 rings (SSSR count). The van der Waals surface area contributed by atoms with Crippen LogP contribution >= 0.6 is 15.9 Å². The Hall–Kier alpha value is -0.710. The predicted octanol–water partition coefficient (Wildman–Crippen LogP) is 2.83. The molecule has 92 valence electrons. The molecule has 0 spiro atoms. The Kier molecular flexibility index (Phi) is 4.71. The standard InChI is InChI=1S/C13H15BrO3/c14-11-4-1-3-10(7-11)13(15)9-16-8-12-5-2-6-17-12/h1,3-4,7,12H,2,5-6,8-9H2. The third kappa shape index (κ3) is 3.91. The number of hydrogen-bond donors (Lipinski definition) is 0. The molecule has 4 heteroatoms. The van der Waals surface area contributed by atoms with Gasteiger partial charge in [0.05, 0.1) is 12.7 Å². The minimum Gasteiger partial charge on any atom is -0.376 e. The maximum Gasteiger partial charge on any atom is 0.188 e. The number of ether oxygens (including phenoxy) is 2. The van der Waals surface area contributed by atoms with Crippen LogP contribution in [-0.4, -0.2) is 31.7 Å². The number of carbonyl (C=O) groups is 1. The van der Waals surface area contributed by atoms with Gasteiger partial charge in [0.2, 0.25) is 0 Å². The van der Waals surface area contributed by atoms with E-state index in [2.05, 4.69) is 15.9 Å². The van der Waals surface area contributed by atoms with E-state index < -0.39 is 0 Å². The fourth-order valence-corrected chi connectivity index (χ4v) is 2.20. The smallest absolute Gasteiger partial charge is 0.188 e. The van der Waals surface area contributed by atoms with E-state index >= 15 is 0 Å². The van der Waals surface area contributed by atoms with Gasteiger partial charge in [0.15, 0.2) is 5.78 Å². The van der Waals surface area contributed by atoms with Crippen molar-refractivity contribution >= 4 is 21.7 Å². The first-order valence-corrected chi connectivity index (χ1v) is 6.53. The zero-order chi connectivity index (χ0) is 12.1. The molecule has 0 bridgehead atoms. The van der Waals surface area contributed by atoms with Gasteiger partial charge in [0.25, 0.3) is 0 Å². The highest BCUT2D eigenvalue weighted by molar-refractivity contribution is 9.10. The van der Waals surface area contributed by atoms with Crippen LogP contribution in [-0.2, 0) is 9.47 Å². The third-order valence-corrected chi connectivity index (χ3v) is 3.20. The van der Waals surface area contributed by atoms with E-state index in [1.54, 1.807) is 12.1 Å². The van der Waals surface area contributed by atoms with Crippen molar-refractivity contribution < 1.29 is 14.3 Å². The number of Topliss-reactive ketones (excluding diaryl/α,β-unsaturated/α-hetero) is 1. The van der Waals surface area contributed by atoms with Crippen molar-refractivity contribution in [2.24, 2.45) is 0 Å². The summed E-state index contributed by atoms with van der Waals surface area (Å²) in [5, 5.41) is 0. The van der Waals surface area contributed by atoms with Crippen LogP contribution in [0.25, 0.3) is 0 Å². The molecule has 0 amide bonds. The first-order valence-electron chi connectivity index (χ1n) is 5.74. The molecule has 0 aliphatic carbocycles. The molecule has 0 N–H and O–H groups in total. The minimum absolute atomic E-state index is 0.00398. The van der Waals surface area contributed by atoms with Gasteiger partial charge in [-0.2, -0.15) is 0 Å². The maximum atomic E-state index is 11.8. The van der Waals surface area contributed by atoms with Crippen molar-refractivity contribution in [3.63, 3.8) is 0 Å². The van der Waals surface area contributed by atoms with E-state index in [-0.39, 0.29) is 18.5 Å². The van der Waals surface area contributed by atoms with E-state index in [4.69, 9.17) is 9.47 Å². The largest absolute Gasteiger partial charge is 0.376 e. The van der Waals surface area contributed by atoms with Crippen LogP contribution in [0.2, 0.25) is 0 Å². The van der Waals surface area contributed by atoms with Gasteiger partial charge >= 0.3 is 0 Å². The Labute approximate surface area is 109 Å². The summed E-state index contributed by atoms with van der Waals surface area (Å²) in [6, 6.07) is 7.34. The Morgan fingerprint density at radius 3 is 3.12 bits per heavy atom. The molecule has 1 aromatic carbocycles. The van der Waals surface area contributed by atoms with Gasteiger partial charge in [-0.15, -0.1) is 0 Å². The summed E-state index contributed by atoms with van der Waals surface area (Å²) in [5.41, 5.74) is 0.673. The lowest BCUT2D eigenvalue weighted by atomic mass is 10.1.